The molecular formula is C16H28N2O5. The molecular weight excluding hydrogens is 300 g/mol. The van der Waals surface area contributed by atoms with Crippen molar-refractivity contribution in [2.45, 2.75) is 77.5 Å². The lowest BCUT2D eigenvalue weighted by Gasteiger charge is -2.29. The Morgan fingerprint density at radius 3 is 2.13 bits per heavy atom. The second-order valence-electron chi connectivity index (χ2n) is 7.09. The molecule has 0 bridgehead atoms. The van der Waals surface area contributed by atoms with Crippen LogP contribution in [0, 0.1) is 5.92 Å². The van der Waals surface area contributed by atoms with Crippen LogP contribution in [0.5, 0.6) is 0 Å². The average molecular weight is 328 g/mol. The lowest BCUT2D eigenvalue weighted by atomic mass is 9.84. The maximum absolute atomic E-state index is 12.2. The topological polar surface area (TPSA) is 105 Å². The van der Waals surface area contributed by atoms with Gasteiger partial charge in [-0.25, -0.2) is 9.59 Å². The van der Waals surface area contributed by atoms with Gasteiger partial charge in [0.2, 0.25) is 5.91 Å². The highest BCUT2D eigenvalue weighted by atomic mass is 16.6. The van der Waals surface area contributed by atoms with E-state index in [0.29, 0.717) is 0 Å². The van der Waals surface area contributed by atoms with Crippen LogP contribution in [-0.2, 0) is 14.3 Å². The smallest absolute Gasteiger partial charge is 0.408 e. The van der Waals surface area contributed by atoms with Gasteiger partial charge in [-0.15, -0.1) is 0 Å². The number of hydrogen-bond acceptors (Lipinski definition) is 4. The second-order valence-corrected chi connectivity index (χ2v) is 7.09. The van der Waals surface area contributed by atoms with Gasteiger partial charge in [-0.1, -0.05) is 19.3 Å². The third-order valence-electron chi connectivity index (χ3n) is 3.81. The van der Waals surface area contributed by atoms with Gasteiger partial charge in [-0.05, 0) is 46.5 Å². The van der Waals surface area contributed by atoms with Crippen LogP contribution in [0.25, 0.3) is 0 Å². The van der Waals surface area contributed by atoms with E-state index in [0.717, 1.165) is 32.1 Å². The van der Waals surface area contributed by atoms with Gasteiger partial charge in [-0.3, -0.25) is 4.79 Å². The van der Waals surface area contributed by atoms with E-state index < -0.39 is 35.7 Å². The third-order valence-corrected chi connectivity index (χ3v) is 3.81. The second kappa shape index (κ2) is 8.17. The molecule has 1 aliphatic carbocycles. The summed E-state index contributed by atoms with van der Waals surface area (Å²) < 4.78 is 5.08. The molecule has 1 fully saturated rings. The first-order valence-electron chi connectivity index (χ1n) is 8.13. The predicted octanol–water partition coefficient (Wildman–Crippen LogP) is 2.05. The standard InChI is InChI=1S/C16H28N2O5/c1-10(17-15(22)23-16(2,3)4)13(19)18-12(14(20)21)11-8-6-5-7-9-11/h10-12H,5-9H2,1-4H3,(H,17,22)(H,18,19)(H,20,21). The van der Waals surface area contributed by atoms with Crippen molar-refractivity contribution in [2.75, 3.05) is 0 Å². The summed E-state index contributed by atoms with van der Waals surface area (Å²) in [5, 5.41) is 14.3. The summed E-state index contributed by atoms with van der Waals surface area (Å²) in [5.41, 5.74) is -0.661. The molecule has 23 heavy (non-hydrogen) atoms. The minimum Gasteiger partial charge on any atom is -0.480 e. The predicted molar refractivity (Wildman–Crippen MR) is 85.0 cm³/mol. The number of hydrogen-bond donors (Lipinski definition) is 3. The Balaban J connectivity index is 2.57. The van der Waals surface area contributed by atoms with Crippen LogP contribution >= 0.6 is 0 Å². The fourth-order valence-corrected chi connectivity index (χ4v) is 2.68. The highest BCUT2D eigenvalue weighted by Crippen LogP contribution is 2.26. The number of carbonyl (C=O) groups excluding carboxylic acids is 2. The SMILES string of the molecule is CC(NC(=O)OC(C)(C)C)C(=O)NC(C(=O)O)C1CCCCC1. The first-order valence-corrected chi connectivity index (χ1v) is 8.13. The Kier molecular flexibility index (Phi) is 6.84. The molecule has 1 saturated carbocycles. The molecule has 2 amide bonds. The van der Waals surface area contributed by atoms with Crippen molar-refractivity contribution in [3.63, 3.8) is 0 Å². The minimum atomic E-state index is -1.03. The summed E-state index contributed by atoms with van der Waals surface area (Å²) in [6.45, 7) is 6.67. The van der Waals surface area contributed by atoms with Crippen molar-refractivity contribution in [3.8, 4) is 0 Å². The number of carbonyl (C=O) groups is 3. The van der Waals surface area contributed by atoms with Gasteiger partial charge in [0.15, 0.2) is 0 Å². The summed E-state index contributed by atoms with van der Waals surface area (Å²) in [5.74, 6) is -1.61. The zero-order valence-electron chi connectivity index (χ0n) is 14.3. The molecule has 2 unspecified atom stereocenters. The molecule has 0 heterocycles. The van der Waals surface area contributed by atoms with E-state index >= 15 is 0 Å². The van der Waals surface area contributed by atoms with Crippen LogP contribution in [0.15, 0.2) is 0 Å². The Bertz CT molecular complexity index is 438. The number of carboxylic acid groups (broad SMARTS) is 1. The summed E-state index contributed by atoms with van der Waals surface area (Å²) in [7, 11) is 0. The van der Waals surface area contributed by atoms with Crippen molar-refractivity contribution < 1.29 is 24.2 Å². The van der Waals surface area contributed by atoms with E-state index in [1.807, 2.05) is 0 Å². The Morgan fingerprint density at radius 1 is 1.09 bits per heavy atom. The molecule has 1 rings (SSSR count). The fourth-order valence-electron chi connectivity index (χ4n) is 2.68. The molecule has 7 heteroatoms. The molecule has 0 aromatic heterocycles. The molecule has 3 N–H and O–H groups in total. The number of nitrogens with one attached hydrogen (secondary N) is 2. The first kappa shape index (κ1) is 19.3. The molecule has 0 aliphatic heterocycles. The van der Waals surface area contributed by atoms with Crippen molar-refractivity contribution in [1.29, 1.82) is 0 Å². The number of carboxylic acids is 1. The Morgan fingerprint density at radius 2 is 1.65 bits per heavy atom. The Hall–Kier alpha value is -1.79. The zero-order valence-corrected chi connectivity index (χ0v) is 14.3. The summed E-state index contributed by atoms with van der Waals surface area (Å²) in [6, 6.07) is -1.78. The number of ether oxygens (including phenoxy) is 1. The van der Waals surface area contributed by atoms with Gasteiger partial charge in [-0.2, -0.15) is 0 Å². The number of alkyl carbamates (subject to hydrolysis) is 1. The van der Waals surface area contributed by atoms with E-state index in [4.69, 9.17) is 4.74 Å². The normalized spacial score (nSPS) is 18.6. The molecule has 0 spiro atoms. The van der Waals surface area contributed by atoms with Crippen LogP contribution in [0.1, 0.15) is 59.8 Å². The van der Waals surface area contributed by atoms with E-state index in [-0.39, 0.29) is 5.92 Å². The molecule has 0 radical (unpaired) electrons. The summed E-state index contributed by atoms with van der Waals surface area (Å²) in [4.78, 5) is 35.3. The van der Waals surface area contributed by atoms with E-state index in [1.165, 1.54) is 6.92 Å². The average Bonchev–Trinajstić information content (AvgIpc) is 2.42. The maximum atomic E-state index is 12.2. The fraction of sp³-hybridized carbons (Fsp3) is 0.812. The molecule has 2 atom stereocenters. The monoisotopic (exact) mass is 328 g/mol. The van der Waals surface area contributed by atoms with Gasteiger partial charge < -0.3 is 20.5 Å². The van der Waals surface area contributed by atoms with E-state index in [2.05, 4.69) is 10.6 Å². The summed E-state index contributed by atoms with van der Waals surface area (Å²) >= 11 is 0. The van der Waals surface area contributed by atoms with Gasteiger partial charge in [0, 0.05) is 0 Å². The van der Waals surface area contributed by atoms with Crippen LogP contribution in [-0.4, -0.2) is 40.8 Å². The Labute approximate surface area is 137 Å². The first-order chi connectivity index (χ1) is 10.6. The van der Waals surface area contributed by atoms with E-state index in [1.54, 1.807) is 20.8 Å². The third kappa shape index (κ3) is 6.88. The van der Waals surface area contributed by atoms with Crippen LogP contribution in [0.3, 0.4) is 0 Å². The number of aliphatic carboxylic acids is 1. The van der Waals surface area contributed by atoms with Crippen molar-refractivity contribution >= 4 is 18.0 Å². The molecule has 132 valence electrons. The maximum Gasteiger partial charge on any atom is 0.408 e. The summed E-state index contributed by atoms with van der Waals surface area (Å²) in [6.07, 6.45) is 3.96. The van der Waals surface area contributed by atoms with Crippen molar-refractivity contribution in [3.05, 3.63) is 0 Å². The van der Waals surface area contributed by atoms with Gasteiger partial charge >= 0.3 is 12.1 Å². The largest absolute Gasteiger partial charge is 0.480 e. The highest BCUT2D eigenvalue weighted by Gasteiger charge is 2.32. The lowest BCUT2D eigenvalue weighted by Crippen LogP contribution is -2.53. The molecule has 1 aliphatic rings. The van der Waals surface area contributed by atoms with Crippen LogP contribution in [0.4, 0.5) is 4.79 Å². The number of amides is 2. The molecule has 0 aromatic rings. The minimum absolute atomic E-state index is 0.0565. The van der Waals surface area contributed by atoms with Crippen molar-refractivity contribution in [1.82, 2.24) is 10.6 Å². The zero-order chi connectivity index (χ0) is 17.6. The van der Waals surface area contributed by atoms with Gasteiger partial charge in [0.05, 0.1) is 0 Å². The highest BCUT2D eigenvalue weighted by molar-refractivity contribution is 5.89. The molecule has 0 aromatic carbocycles. The number of rotatable bonds is 5. The lowest BCUT2D eigenvalue weighted by molar-refractivity contribution is -0.144. The van der Waals surface area contributed by atoms with E-state index in [9.17, 15) is 19.5 Å². The quantitative estimate of drug-likeness (QED) is 0.716. The van der Waals surface area contributed by atoms with Gasteiger partial charge in [0.1, 0.15) is 17.7 Å². The van der Waals surface area contributed by atoms with Crippen LogP contribution < -0.4 is 10.6 Å². The molecule has 7 nitrogen and oxygen atoms in total. The van der Waals surface area contributed by atoms with Crippen molar-refractivity contribution in [2.24, 2.45) is 5.92 Å². The molecule has 0 saturated heterocycles. The van der Waals surface area contributed by atoms with Gasteiger partial charge in [0.25, 0.3) is 0 Å². The van der Waals surface area contributed by atoms with Crippen LogP contribution in [0.2, 0.25) is 0 Å².